The lowest BCUT2D eigenvalue weighted by atomic mass is 9.81. The number of nitrogens with zero attached hydrogens (tertiary/aromatic N) is 3. The zero-order valence-corrected chi connectivity index (χ0v) is 10.2. The minimum Gasteiger partial charge on any atom is -0.343 e. The molecule has 0 aliphatic heterocycles. The van der Waals surface area contributed by atoms with Crippen molar-refractivity contribution >= 4 is 26.8 Å². The Bertz CT molecular complexity index is 575. The van der Waals surface area contributed by atoms with Gasteiger partial charge < -0.3 is 4.57 Å². The second-order valence-corrected chi connectivity index (χ2v) is 5.08. The third-order valence-electron chi connectivity index (χ3n) is 3.28. The average molecular weight is 276 g/mol. The quantitative estimate of drug-likeness (QED) is 0.802. The van der Waals surface area contributed by atoms with Crippen molar-refractivity contribution in [3.63, 3.8) is 0 Å². The second-order valence-electron chi connectivity index (χ2n) is 4.23. The number of halogens is 1. The Morgan fingerprint density at radius 1 is 1.50 bits per heavy atom. The van der Waals surface area contributed by atoms with Crippen molar-refractivity contribution in [1.29, 1.82) is 5.26 Å². The Hall–Kier alpha value is -1.34. The molecule has 0 bridgehead atoms. The van der Waals surface area contributed by atoms with Crippen molar-refractivity contribution in [3.05, 3.63) is 29.1 Å². The smallest absolute Gasteiger partial charge is 0.0657 e. The maximum Gasteiger partial charge on any atom is 0.0657 e. The summed E-state index contributed by atoms with van der Waals surface area (Å²) in [6, 6.07) is 4.82. The van der Waals surface area contributed by atoms with Gasteiger partial charge in [0.15, 0.2) is 0 Å². The van der Waals surface area contributed by atoms with Gasteiger partial charge >= 0.3 is 0 Å². The van der Waals surface area contributed by atoms with Crippen LogP contribution in [0, 0.1) is 17.2 Å². The molecule has 1 saturated carbocycles. The lowest BCUT2D eigenvalue weighted by Gasteiger charge is -2.32. The van der Waals surface area contributed by atoms with Crippen LogP contribution in [-0.4, -0.2) is 9.55 Å². The first kappa shape index (κ1) is 9.86. The van der Waals surface area contributed by atoms with E-state index in [2.05, 4.69) is 37.7 Å². The van der Waals surface area contributed by atoms with Crippen LogP contribution < -0.4 is 0 Å². The highest BCUT2D eigenvalue weighted by atomic mass is 79.9. The van der Waals surface area contributed by atoms with Crippen molar-refractivity contribution in [2.75, 3.05) is 0 Å². The number of aromatic nitrogens is 2. The molecule has 3 nitrogen and oxygen atoms in total. The van der Waals surface area contributed by atoms with Crippen LogP contribution in [0.5, 0.6) is 0 Å². The fourth-order valence-corrected chi connectivity index (χ4v) is 2.81. The van der Waals surface area contributed by atoms with Gasteiger partial charge in [-0.25, -0.2) is 0 Å². The summed E-state index contributed by atoms with van der Waals surface area (Å²) in [5, 5.41) is 9.93. The third-order valence-corrected chi connectivity index (χ3v) is 3.91. The monoisotopic (exact) mass is 275 g/mol. The highest BCUT2D eigenvalue weighted by Crippen LogP contribution is 2.40. The van der Waals surface area contributed by atoms with Crippen LogP contribution in [0.2, 0.25) is 0 Å². The molecule has 0 unspecified atom stereocenters. The highest BCUT2D eigenvalue weighted by Gasteiger charge is 2.31. The molecule has 16 heavy (non-hydrogen) atoms. The van der Waals surface area contributed by atoms with Gasteiger partial charge in [-0.05, 0) is 34.8 Å². The van der Waals surface area contributed by atoms with Gasteiger partial charge in [-0.1, -0.05) is 0 Å². The first-order valence-corrected chi connectivity index (χ1v) is 6.08. The van der Waals surface area contributed by atoms with E-state index >= 15 is 0 Å². The minimum absolute atomic E-state index is 0.239. The van der Waals surface area contributed by atoms with Gasteiger partial charge in [0.05, 0.1) is 17.5 Å². The molecule has 2 aromatic heterocycles. The van der Waals surface area contributed by atoms with Crippen molar-refractivity contribution < 1.29 is 0 Å². The van der Waals surface area contributed by atoms with Crippen LogP contribution in [0.25, 0.3) is 10.9 Å². The zero-order valence-electron chi connectivity index (χ0n) is 8.60. The first-order chi connectivity index (χ1) is 7.79. The number of hydrogen-bond acceptors (Lipinski definition) is 2. The van der Waals surface area contributed by atoms with Crippen LogP contribution in [0.3, 0.4) is 0 Å². The van der Waals surface area contributed by atoms with Crippen molar-refractivity contribution in [3.8, 4) is 6.07 Å². The maximum atomic E-state index is 8.79. The molecule has 2 aromatic rings. The van der Waals surface area contributed by atoms with Gasteiger partial charge in [0.1, 0.15) is 0 Å². The fourth-order valence-electron chi connectivity index (χ4n) is 2.28. The lowest BCUT2D eigenvalue weighted by Crippen LogP contribution is -2.25. The Morgan fingerprint density at radius 2 is 2.31 bits per heavy atom. The zero-order chi connectivity index (χ0) is 11.1. The predicted molar refractivity (Wildman–Crippen MR) is 64.8 cm³/mol. The number of nitriles is 1. The summed E-state index contributed by atoms with van der Waals surface area (Å²) in [6.07, 6.45) is 7.72. The Balaban J connectivity index is 2.03. The van der Waals surface area contributed by atoms with Gasteiger partial charge in [0, 0.05) is 34.5 Å². The molecular weight excluding hydrogens is 266 g/mol. The largest absolute Gasteiger partial charge is 0.343 e. The molecule has 0 saturated heterocycles. The molecule has 3 rings (SSSR count). The van der Waals surface area contributed by atoms with Gasteiger partial charge in [-0.3, -0.25) is 4.98 Å². The summed E-state index contributed by atoms with van der Waals surface area (Å²) < 4.78 is 3.34. The van der Waals surface area contributed by atoms with E-state index in [-0.39, 0.29) is 5.92 Å². The van der Waals surface area contributed by atoms with Crippen LogP contribution in [0.1, 0.15) is 18.9 Å². The number of pyridine rings is 1. The predicted octanol–water partition coefficient (Wildman–Crippen LogP) is 3.27. The molecule has 4 heteroatoms. The first-order valence-electron chi connectivity index (χ1n) is 5.29. The Morgan fingerprint density at radius 3 is 3.06 bits per heavy atom. The summed E-state index contributed by atoms with van der Waals surface area (Å²) in [6.45, 7) is 0. The van der Waals surface area contributed by atoms with Gasteiger partial charge in [-0.15, -0.1) is 0 Å². The molecule has 2 heterocycles. The van der Waals surface area contributed by atoms with E-state index in [4.69, 9.17) is 5.26 Å². The van der Waals surface area contributed by atoms with Crippen molar-refractivity contribution in [2.24, 2.45) is 5.92 Å². The molecule has 80 valence electrons. The van der Waals surface area contributed by atoms with Crippen molar-refractivity contribution in [1.82, 2.24) is 9.55 Å². The third kappa shape index (κ3) is 1.35. The molecule has 1 fully saturated rings. The summed E-state index contributed by atoms with van der Waals surface area (Å²) in [5.41, 5.74) is 1.20. The van der Waals surface area contributed by atoms with E-state index < -0.39 is 0 Å². The van der Waals surface area contributed by atoms with E-state index in [1.807, 2.05) is 18.5 Å². The molecular formula is C12H10BrN3. The standard InChI is InChI=1S/C12H10BrN3/c13-11-7-16(9-3-8(4-9)5-14)12-1-2-15-6-10(11)12/h1-2,6-9H,3-4H2. The van der Waals surface area contributed by atoms with Crippen LogP contribution in [0.4, 0.5) is 0 Å². The molecule has 0 spiro atoms. The number of fused-ring (bicyclic) bond motifs is 1. The number of rotatable bonds is 1. The highest BCUT2D eigenvalue weighted by molar-refractivity contribution is 9.10. The van der Waals surface area contributed by atoms with E-state index in [0.717, 1.165) is 22.7 Å². The molecule has 0 N–H and O–H groups in total. The van der Waals surface area contributed by atoms with Gasteiger partial charge in [0.25, 0.3) is 0 Å². The average Bonchev–Trinajstić information content (AvgIpc) is 2.56. The Labute approximate surface area is 102 Å². The lowest BCUT2D eigenvalue weighted by molar-refractivity contribution is 0.254. The topological polar surface area (TPSA) is 41.6 Å². The Kier molecular flexibility index (Phi) is 2.22. The molecule has 0 radical (unpaired) electrons. The van der Waals surface area contributed by atoms with E-state index in [1.165, 1.54) is 5.52 Å². The van der Waals surface area contributed by atoms with Gasteiger partial charge in [0.2, 0.25) is 0 Å². The van der Waals surface area contributed by atoms with E-state index in [1.54, 1.807) is 0 Å². The second kappa shape index (κ2) is 3.60. The van der Waals surface area contributed by atoms with Crippen LogP contribution >= 0.6 is 15.9 Å². The summed E-state index contributed by atoms with van der Waals surface area (Å²) in [7, 11) is 0. The fraction of sp³-hybridized carbons (Fsp3) is 0.333. The molecule has 1 aliphatic carbocycles. The number of hydrogen-bond donors (Lipinski definition) is 0. The van der Waals surface area contributed by atoms with E-state index in [0.29, 0.717) is 6.04 Å². The SMILES string of the molecule is N#CC1CC(n2cc(Br)c3cnccc32)C1. The van der Waals surface area contributed by atoms with Crippen LogP contribution in [-0.2, 0) is 0 Å². The molecule has 0 amide bonds. The molecule has 0 atom stereocenters. The summed E-state index contributed by atoms with van der Waals surface area (Å²) in [4.78, 5) is 4.13. The minimum atomic E-state index is 0.239. The summed E-state index contributed by atoms with van der Waals surface area (Å²) >= 11 is 3.55. The molecule has 1 aliphatic rings. The van der Waals surface area contributed by atoms with Crippen LogP contribution in [0.15, 0.2) is 29.1 Å². The summed E-state index contributed by atoms with van der Waals surface area (Å²) in [5.74, 6) is 0.239. The maximum absolute atomic E-state index is 8.79. The normalized spacial score (nSPS) is 24.0. The van der Waals surface area contributed by atoms with Crippen molar-refractivity contribution in [2.45, 2.75) is 18.9 Å². The van der Waals surface area contributed by atoms with E-state index in [9.17, 15) is 0 Å². The molecule has 0 aromatic carbocycles. The van der Waals surface area contributed by atoms with Gasteiger partial charge in [-0.2, -0.15) is 5.26 Å².